The second kappa shape index (κ2) is 6.88. The molecule has 0 aliphatic heterocycles. The highest BCUT2D eigenvalue weighted by Gasteiger charge is 2.13. The van der Waals surface area contributed by atoms with Gasteiger partial charge in [0.1, 0.15) is 5.82 Å². The standard InChI is InChI=1S/C15H21N5O/c1-4-20(5-2)15-18-12(10-13(16)19-15)11-8-7-9-17-14(11)21-6-3/h7-10H,4-6H2,1-3H3,(H2,16,18,19). The lowest BCUT2D eigenvalue weighted by molar-refractivity contribution is 0.328. The third-order valence-electron chi connectivity index (χ3n) is 3.11. The smallest absolute Gasteiger partial charge is 0.227 e. The van der Waals surface area contributed by atoms with E-state index >= 15 is 0 Å². The third-order valence-corrected chi connectivity index (χ3v) is 3.11. The zero-order valence-corrected chi connectivity index (χ0v) is 12.7. The number of nitrogens with zero attached hydrogens (tertiary/aromatic N) is 4. The SMILES string of the molecule is CCOc1ncccc1-c1cc(N)nc(N(CC)CC)n1. The van der Waals surface area contributed by atoms with Gasteiger partial charge in [0.15, 0.2) is 0 Å². The van der Waals surface area contributed by atoms with E-state index in [1.807, 2.05) is 19.1 Å². The van der Waals surface area contributed by atoms with Crippen molar-refractivity contribution in [3.63, 3.8) is 0 Å². The van der Waals surface area contributed by atoms with Gasteiger partial charge in [-0.15, -0.1) is 0 Å². The molecular weight excluding hydrogens is 266 g/mol. The molecule has 0 spiro atoms. The van der Waals surface area contributed by atoms with E-state index in [0.717, 1.165) is 24.3 Å². The lowest BCUT2D eigenvalue weighted by Crippen LogP contribution is -2.24. The van der Waals surface area contributed by atoms with Crippen LogP contribution in [0.1, 0.15) is 20.8 Å². The van der Waals surface area contributed by atoms with E-state index in [0.29, 0.717) is 24.3 Å². The Morgan fingerprint density at radius 1 is 1.19 bits per heavy atom. The minimum absolute atomic E-state index is 0.438. The zero-order chi connectivity index (χ0) is 15.2. The van der Waals surface area contributed by atoms with Crippen LogP contribution in [-0.2, 0) is 0 Å². The molecule has 0 aromatic carbocycles. The van der Waals surface area contributed by atoms with Crippen molar-refractivity contribution in [2.75, 3.05) is 30.3 Å². The second-order valence-corrected chi connectivity index (χ2v) is 4.44. The van der Waals surface area contributed by atoms with Crippen molar-refractivity contribution >= 4 is 11.8 Å². The van der Waals surface area contributed by atoms with Crippen molar-refractivity contribution < 1.29 is 4.74 Å². The van der Waals surface area contributed by atoms with Crippen LogP contribution in [0, 0.1) is 0 Å². The first kappa shape index (κ1) is 15.0. The molecule has 0 atom stereocenters. The fourth-order valence-corrected chi connectivity index (χ4v) is 2.08. The highest BCUT2D eigenvalue weighted by molar-refractivity contribution is 5.68. The fourth-order valence-electron chi connectivity index (χ4n) is 2.08. The molecule has 0 bridgehead atoms. The number of pyridine rings is 1. The van der Waals surface area contributed by atoms with Gasteiger partial charge in [-0.25, -0.2) is 9.97 Å². The predicted octanol–water partition coefficient (Wildman–Crippen LogP) is 2.37. The lowest BCUT2D eigenvalue weighted by Gasteiger charge is -2.19. The summed E-state index contributed by atoms with van der Waals surface area (Å²) in [6.45, 7) is 8.24. The minimum Gasteiger partial charge on any atom is -0.477 e. The maximum absolute atomic E-state index is 5.93. The third kappa shape index (κ3) is 3.39. The summed E-state index contributed by atoms with van der Waals surface area (Å²) in [6.07, 6.45) is 1.70. The van der Waals surface area contributed by atoms with E-state index in [1.165, 1.54) is 0 Å². The number of aromatic nitrogens is 3. The Morgan fingerprint density at radius 3 is 2.62 bits per heavy atom. The molecule has 0 fully saturated rings. The number of ether oxygens (including phenoxy) is 1. The molecule has 6 nitrogen and oxygen atoms in total. The number of hydrogen-bond acceptors (Lipinski definition) is 6. The summed E-state index contributed by atoms with van der Waals surface area (Å²) in [7, 11) is 0. The summed E-state index contributed by atoms with van der Waals surface area (Å²) in [4.78, 5) is 15.2. The summed E-state index contributed by atoms with van der Waals surface area (Å²) >= 11 is 0. The Labute approximate surface area is 125 Å². The summed E-state index contributed by atoms with van der Waals surface area (Å²) in [5.74, 6) is 1.62. The maximum atomic E-state index is 5.93. The van der Waals surface area contributed by atoms with E-state index in [9.17, 15) is 0 Å². The Balaban J connectivity index is 2.49. The van der Waals surface area contributed by atoms with Crippen molar-refractivity contribution in [3.05, 3.63) is 24.4 Å². The van der Waals surface area contributed by atoms with E-state index in [4.69, 9.17) is 10.5 Å². The number of nitrogens with two attached hydrogens (primary N) is 1. The van der Waals surface area contributed by atoms with E-state index < -0.39 is 0 Å². The maximum Gasteiger partial charge on any atom is 0.227 e. The molecule has 0 saturated heterocycles. The van der Waals surface area contributed by atoms with Gasteiger partial charge < -0.3 is 15.4 Å². The molecule has 2 aromatic heterocycles. The molecule has 0 saturated carbocycles. The van der Waals surface area contributed by atoms with Gasteiger partial charge in [-0.1, -0.05) is 0 Å². The predicted molar refractivity (Wildman–Crippen MR) is 84.4 cm³/mol. The zero-order valence-electron chi connectivity index (χ0n) is 12.7. The van der Waals surface area contributed by atoms with Crippen molar-refractivity contribution in [1.82, 2.24) is 15.0 Å². The Morgan fingerprint density at radius 2 is 1.95 bits per heavy atom. The molecule has 6 heteroatoms. The van der Waals surface area contributed by atoms with Gasteiger partial charge >= 0.3 is 0 Å². The molecular formula is C15H21N5O. The van der Waals surface area contributed by atoms with Gasteiger partial charge in [0.25, 0.3) is 0 Å². The molecule has 2 aromatic rings. The van der Waals surface area contributed by atoms with Gasteiger partial charge in [0, 0.05) is 25.4 Å². The van der Waals surface area contributed by atoms with Crippen molar-refractivity contribution in [1.29, 1.82) is 0 Å². The highest BCUT2D eigenvalue weighted by atomic mass is 16.5. The van der Waals surface area contributed by atoms with Gasteiger partial charge in [-0.3, -0.25) is 0 Å². The van der Waals surface area contributed by atoms with E-state index in [1.54, 1.807) is 12.3 Å². The molecule has 112 valence electrons. The highest BCUT2D eigenvalue weighted by Crippen LogP contribution is 2.28. The quantitative estimate of drug-likeness (QED) is 0.879. The van der Waals surface area contributed by atoms with Crippen molar-refractivity contribution in [3.8, 4) is 17.1 Å². The molecule has 2 heterocycles. The van der Waals surface area contributed by atoms with Gasteiger partial charge in [0.05, 0.1) is 17.9 Å². The first-order valence-electron chi connectivity index (χ1n) is 7.17. The number of nitrogen functional groups attached to an aromatic ring is 1. The average molecular weight is 287 g/mol. The van der Waals surface area contributed by atoms with Crippen LogP contribution < -0.4 is 15.4 Å². The number of hydrogen-bond donors (Lipinski definition) is 1. The van der Waals surface area contributed by atoms with Crippen molar-refractivity contribution in [2.45, 2.75) is 20.8 Å². The summed E-state index contributed by atoms with van der Waals surface area (Å²) < 4.78 is 5.56. The van der Waals surface area contributed by atoms with Crippen LogP contribution in [-0.4, -0.2) is 34.6 Å². The van der Waals surface area contributed by atoms with Crippen LogP contribution in [0.2, 0.25) is 0 Å². The van der Waals surface area contributed by atoms with Crippen LogP contribution in [0.4, 0.5) is 11.8 Å². The summed E-state index contributed by atoms with van der Waals surface area (Å²) in [5.41, 5.74) is 7.47. The van der Waals surface area contributed by atoms with Crippen molar-refractivity contribution in [2.24, 2.45) is 0 Å². The van der Waals surface area contributed by atoms with Gasteiger partial charge in [-0.05, 0) is 32.9 Å². The summed E-state index contributed by atoms with van der Waals surface area (Å²) in [6, 6.07) is 5.52. The van der Waals surface area contributed by atoms with Crippen LogP contribution >= 0.6 is 0 Å². The summed E-state index contributed by atoms with van der Waals surface area (Å²) in [5, 5.41) is 0. The molecule has 0 amide bonds. The fraction of sp³-hybridized carbons (Fsp3) is 0.400. The van der Waals surface area contributed by atoms with Gasteiger partial charge in [0.2, 0.25) is 11.8 Å². The first-order valence-corrected chi connectivity index (χ1v) is 7.17. The molecule has 0 radical (unpaired) electrons. The van der Waals surface area contributed by atoms with Crippen LogP contribution in [0.5, 0.6) is 5.88 Å². The average Bonchev–Trinajstić information content (AvgIpc) is 2.49. The lowest BCUT2D eigenvalue weighted by atomic mass is 10.2. The molecule has 2 rings (SSSR count). The number of anilines is 2. The normalized spacial score (nSPS) is 10.4. The van der Waals surface area contributed by atoms with Crippen LogP contribution in [0.15, 0.2) is 24.4 Å². The molecule has 21 heavy (non-hydrogen) atoms. The number of rotatable bonds is 6. The Hall–Kier alpha value is -2.37. The second-order valence-electron chi connectivity index (χ2n) is 4.44. The Bertz CT molecular complexity index is 598. The minimum atomic E-state index is 0.438. The Kier molecular flexibility index (Phi) is 4.92. The molecule has 2 N–H and O–H groups in total. The van der Waals surface area contributed by atoms with E-state index in [2.05, 4.69) is 33.7 Å². The van der Waals surface area contributed by atoms with Gasteiger partial charge in [-0.2, -0.15) is 4.98 Å². The van der Waals surface area contributed by atoms with Crippen LogP contribution in [0.3, 0.4) is 0 Å². The first-order chi connectivity index (χ1) is 10.2. The largest absolute Gasteiger partial charge is 0.477 e. The molecule has 0 unspecified atom stereocenters. The van der Waals surface area contributed by atoms with E-state index in [-0.39, 0.29) is 0 Å². The topological polar surface area (TPSA) is 77.2 Å². The monoisotopic (exact) mass is 287 g/mol. The molecule has 0 aliphatic rings. The molecule has 0 aliphatic carbocycles. The van der Waals surface area contributed by atoms with Crippen LogP contribution in [0.25, 0.3) is 11.3 Å².